The molecule has 0 bridgehead atoms. The van der Waals surface area contributed by atoms with Gasteiger partial charge in [-0.3, -0.25) is 4.68 Å². The molecule has 0 aliphatic carbocycles. The number of aromatic nitrogens is 4. The molecule has 0 amide bonds. The van der Waals surface area contributed by atoms with E-state index in [0.29, 0.717) is 12.5 Å². The molecule has 0 saturated carbocycles. The molecular formula is C13H19BrN6. The molecule has 108 valence electrons. The number of aryl methyl sites for hydroxylation is 1. The zero-order chi connectivity index (χ0) is 14.5. The van der Waals surface area contributed by atoms with E-state index < -0.39 is 0 Å². The Morgan fingerprint density at radius 1 is 1.30 bits per heavy atom. The van der Waals surface area contributed by atoms with Gasteiger partial charge in [0, 0.05) is 37.6 Å². The lowest BCUT2D eigenvalue weighted by Crippen LogP contribution is -2.08. The van der Waals surface area contributed by atoms with Crippen LogP contribution in [0.2, 0.25) is 0 Å². The van der Waals surface area contributed by atoms with Crippen molar-refractivity contribution in [2.75, 3.05) is 17.2 Å². The lowest BCUT2D eigenvalue weighted by molar-refractivity contribution is 0.738. The molecule has 0 atom stereocenters. The molecule has 2 aromatic heterocycles. The fourth-order valence-electron chi connectivity index (χ4n) is 1.71. The molecule has 0 radical (unpaired) electrons. The molecule has 0 saturated heterocycles. The molecule has 0 fully saturated rings. The summed E-state index contributed by atoms with van der Waals surface area (Å²) in [6.45, 7) is 5.70. The predicted octanol–water partition coefficient (Wildman–Crippen LogP) is 2.72. The summed E-state index contributed by atoms with van der Waals surface area (Å²) in [4.78, 5) is 8.68. The number of nitrogens with zero attached hydrogens (tertiary/aromatic N) is 4. The van der Waals surface area contributed by atoms with Crippen LogP contribution >= 0.6 is 15.9 Å². The van der Waals surface area contributed by atoms with Crippen LogP contribution < -0.4 is 10.6 Å². The Labute approximate surface area is 127 Å². The molecule has 6 nitrogen and oxygen atoms in total. The molecule has 2 N–H and O–H groups in total. The summed E-state index contributed by atoms with van der Waals surface area (Å²) in [5.74, 6) is 1.42. The van der Waals surface area contributed by atoms with Crippen LogP contribution in [0.5, 0.6) is 0 Å². The standard InChI is InChI=1S/C13H19BrN6/c1-4-5-15-13-17-8-11(14)12(19-13)16-6-10-7-18-20(3)9(10)2/h7-8H,4-6H2,1-3H3,(H2,15,16,17,19). The number of halogens is 1. The maximum atomic E-state index is 4.45. The highest BCUT2D eigenvalue weighted by atomic mass is 79.9. The van der Waals surface area contributed by atoms with Crippen molar-refractivity contribution in [3.63, 3.8) is 0 Å². The van der Waals surface area contributed by atoms with E-state index in [1.165, 1.54) is 0 Å². The Morgan fingerprint density at radius 3 is 2.75 bits per heavy atom. The van der Waals surface area contributed by atoms with Gasteiger partial charge in [0.05, 0.1) is 10.7 Å². The molecule has 2 heterocycles. The Balaban J connectivity index is 2.06. The van der Waals surface area contributed by atoms with Gasteiger partial charge in [0.2, 0.25) is 5.95 Å². The van der Waals surface area contributed by atoms with Gasteiger partial charge in [0.1, 0.15) is 5.82 Å². The average Bonchev–Trinajstić information content (AvgIpc) is 2.76. The molecule has 0 aliphatic heterocycles. The predicted molar refractivity (Wildman–Crippen MR) is 83.8 cm³/mol. The number of hydrogen-bond donors (Lipinski definition) is 2. The van der Waals surface area contributed by atoms with Gasteiger partial charge in [-0.05, 0) is 29.3 Å². The fraction of sp³-hybridized carbons (Fsp3) is 0.462. The molecule has 0 aliphatic rings. The summed E-state index contributed by atoms with van der Waals surface area (Å²) in [5.41, 5.74) is 2.30. The average molecular weight is 339 g/mol. The fourth-order valence-corrected chi connectivity index (χ4v) is 2.04. The first-order valence-electron chi connectivity index (χ1n) is 6.59. The Hall–Kier alpha value is -1.63. The Kier molecular flexibility index (Phi) is 4.94. The smallest absolute Gasteiger partial charge is 0.224 e. The van der Waals surface area contributed by atoms with Crippen molar-refractivity contribution in [1.29, 1.82) is 0 Å². The zero-order valence-corrected chi connectivity index (χ0v) is 13.5. The lowest BCUT2D eigenvalue weighted by atomic mass is 10.2. The maximum absolute atomic E-state index is 4.45. The number of rotatable bonds is 6. The van der Waals surface area contributed by atoms with Crippen LogP contribution in [-0.2, 0) is 13.6 Å². The van der Waals surface area contributed by atoms with E-state index >= 15 is 0 Å². The highest BCUT2D eigenvalue weighted by Gasteiger charge is 2.07. The first-order valence-corrected chi connectivity index (χ1v) is 7.39. The SMILES string of the molecule is CCCNc1ncc(Br)c(NCc2cnn(C)c2C)n1. The first-order chi connectivity index (χ1) is 9.61. The van der Waals surface area contributed by atoms with Crippen LogP contribution in [0.4, 0.5) is 11.8 Å². The molecule has 0 unspecified atom stereocenters. The second kappa shape index (κ2) is 6.69. The van der Waals surface area contributed by atoms with Gasteiger partial charge in [0.15, 0.2) is 0 Å². The minimum Gasteiger partial charge on any atom is -0.365 e. The van der Waals surface area contributed by atoms with E-state index in [1.54, 1.807) is 6.20 Å². The monoisotopic (exact) mass is 338 g/mol. The second-order valence-corrected chi connectivity index (χ2v) is 5.40. The van der Waals surface area contributed by atoms with Crippen molar-refractivity contribution in [1.82, 2.24) is 19.7 Å². The van der Waals surface area contributed by atoms with Crippen molar-refractivity contribution in [3.8, 4) is 0 Å². The summed E-state index contributed by atoms with van der Waals surface area (Å²) in [6.07, 6.45) is 4.66. The molecule has 20 heavy (non-hydrogen) atoms. The summed E-state index contributed by atoms with van der Waals surface area (Å²) in [7, 11) is 1.94. The number of anilines is 2. The number of nitrogens with one attached hydrogen (secondary N) is 2. The normalized spacial score (nSPS) is 10.6. The van der Waals surface area contributed by atoms with E-state index in [9.17, 15) is 0 Å². The van der Waals surface area contributed by atoms with Gasteiger partial charge in [-0.15, -0.1) is 0 Å². The number of hydrogen-bond acceptors (Lipinski definition) is 5. The molecule has 2 aromatic rings. The largest absolute Gasteiger partial charge is 0.365 e. The van der Waals surface area contributed by atoms with E-state index in [1.807, 2.05) is 24.9 Å². The second-order valence-electron chi connectivity index (χ2n) is 4.55. The molecule has 0 aromatic carbocycles. The van der Waals surface area contributed by atoms with Crippen molar-refractivity contribution in [3.05, 3.63) is 28.1 Å². The third kappa shape index (κ3) is 3.47. The quantitative estimate of drug-likeness (QED) is 0.847. The maximum Gasteiger partial charge on any atom is 0.224 e. The van der Waals surface area contributed by atoms with Crippen molar-refractivity contribution in [2.45, 2.75) is 26.8 Å². The van der Waals surface area contributed by atoms with Crippen LogP contribution in [0, 0.1) is 6.92 Å². The third-order valence-corrected chi connectivity index (χ3v) is 3.64. The summed E-state index contributed by atoms with van der Waals surface area (Å²) >= 11 is 3.46. The summed E-state index contributed by atoms with van der Waals surface area (Å²) < 4.78 is 2.71. The highest BCUT2D eigenvalue weighted by Crippen LogP contribution is 2.21. The van der Waals surface area contributed by atoms with E-state index in [0.717, 1.165) is 34.5 Å². The molecule has 2 rings (SSSR count). The van der Waals surface area contributed by atoms with Crippen LogP contribution in [0.3, 0.4) is 0 Å². The van der Waals surface area contributed by atoms with Crippen LogP contribution in [-0.4, -0.2) is 26.3 Å². The summed E-state index contributed by atoms with van der Waals surface area (Å²) in [6, 6.07) is 0. The van der Waals surface area contributed by atoms with Crippen molar-refractivity contribution in [2.24, 2.45) is 7.05 Å². The third-order valence-electron chi connectivity index (χ3n) is 3.06. The van der Waals surface area contributed by atoms with Crippen molar-refractivity contribution >= 4 is 27.7 Å². The van der Waals surface area contributed by atoms with E-state index in [-0.39, 0.29) is 0 Å². The molecular weight excluding hydrogens is 320 g/mol. The summed E-state index contributed by atoms with van der Waals surface area (Å²) in [5, 5.41) is 10.7. The Morgan fingerprint density at radius 2 is 2.10 bits per heavy atom. The minimum atomic E-state index is 0.639. The molecule has 7 heteroatoms. The van der Waals surface area contributed by atoms with Gasteiger partial charge in [0.25, 0.3) is 0 Å². The van der Waals surface area contributed by atoms with Crippen LogP contribution in [0.15, 0.2) is 16.9 Å². The van der Waals surface area contributed by atoms with Gasteiger partial charge in [-0.2, -0.15) is 10.1 Å². The van der Waals surface area contributed by atoms with Gasteiger partial charge < -0.3 is 10.6 Å². The van der Waals surface area contributed by atoms with Crippen LogP contribution in [0.1, 0.15) is 24.6 Å². The minimum absolute atomic E-state index is 0.639. The van der Waals surface area contributed by atoms with Gasteiger partial charge in [-0.1, -0.05) is 6.92 Å². The van der Waals surface area contributed by atoms with Gasteiger partial charge >= 0.3 is 0 Å². The Bertz CT molecular complexity index is 580. The zero-order valence-electron chi connectivity index (χ0n) is 11.9. The van der Waals surface area contributed by atoms with Gasteiger partial charge in [-0.25, -0.2) is 4.98 Å². The van der Waals surface area contributed by atoms with Crippen molar-refractivity contribution < 1.29 is 0 Å². The van der Waals surface area contributed by atoms with E-state index in [4.69, 9.17) is 0 Å². The first kappa shape index (κ1) is 14.8. The lowest BCUT2D eigenvalue weighted by Gasteiger charge is -2.09. The van der Waals surface area contributed by atoms with Crippen LogP contribution in [0.25, 0.3) is 0 Å². The van der Waals surface area contributed by atoms with E-state index in [2.05, 4.69) is 48.6 Å². The highest BCUT2D eigenvalue weighted by molar-refractivity contribution is 9.10. The molecule has 0 spiro atoms. The topological polar surface area (TPSA) is 67.7 Å².